The molecule has 0 spiro atoms. The molecule has 0 bridgehead atoms. The number of rotatable bonds is 10. The van der Waals surface area contributed by atoms with Gasteiger partial charge in [-0.3, -0.25) is 0 Å². The zero-order chi connectivity index (χ0) is 16.5. The number of hydrogen-bond acceptors (Lipinski definition) is 4. The summed E-state index contributed by atoms with van der Waals surface area (Å²) in [6, 6.07) is 1.33. The van der Waals surface area contributed by atoms with Gasteiger partial charge in [0.1, 0.15) is 0 Å². The molecule has 1 fully saturated rings. The van der Waals surface area contributed by atoms with Gasteiger partial charge in [0.15, 0.2) is 0 Å². The molecule has 0 saturated carbocycles. The van der Waals surface area contributed by atoms with E-state index < -0.39 is 0 Å². The van der Waals surface area contributed by atoms with Gasteiger partial charge in [0.25, 0.3) is 0 Å². The summed E-state index contributed by atoms with van der Waals surface area (Å²) < 4.78 is 0. The van der Waals surface area contributed by atoms with Gasteiger partial charge in [-0.1, -0.05) is 0 Å². The van der Waals surface area contributed by atoms with Crippen LogP contribution < -0.4 is 0 Å². The van der Waals surface area contributed by atoms with Crippen LogP contribution in [0.2, 0.25) is 0 Å². The highest BCUT2D eigenvalue weighted by Gasteiger charge is 2.16. The van der Waals surface area contributed by atoms with Gasteiger partial charge in [-0.25, -0.2) is 0 Å². The Kier molecular flexibility index (Phi) is 9.57. The number of hydrogen-bond donors (Lipinski definition) is 0. The summed E-state index contributed by atoms with van der Waals surface area (Å²) in [5.41, 5.74) is 0. The maximum Gasteiger partial charge on any atom is 0.0110 e. The van der Waals surface area contributed by atoms with E-state index in [4.69, 9.17) is 0 Å². The quantitative estimate of drug-likeness (QED) is 0.612. The van der Waals surface area contributed by atoms with E-state index in [1.54, 1.807) is 0 Å². The predicted molar refractivity (Wildman–Crippen MR) is 97.6 cm³/mol. The van der Waals surface area contributed by atoms with Crippen LogP contribution in [0.3, 0.4) is 0 Å². The Morgan fingerprint density at radius 1 is 0.682 bits per heavy atom. The van der Waals surface area contributed by atoms with E-state index >= 15 is 0 Å². The summed E-state index contributed by atoms with van der Waals surface area (Å²) in [4.78, 5) is 10.2. The Hall–Kier alpha value is -0.160. The molecule has 0 atom stereocenters. The first kappa shape index (κ1) is 19.9. The molecule has 0 amide bonds. The molecule has 1 aliphatic rings. The molecule has 1 saturated heterocycles. The van der Waals surface area contributed by atoms with Crippen molar-refractivity contribution in [1.29, 1.82) is 0 Å². The largest absolute Gasteiger partial charge is 0.304 e. The van der Waals surface area contributed by atoms with Crippen molar-refractivity contribution in [2.75, 3.05) is 66.5 Å². The van der Waals surface area contributed by atoms with Gasteiger partial charge in [0.2, 0.25) is 0 Å². The summed E-state index contributed by atoms with van der Waals surface area (Å²) in [7, 11) is 4.47. The maximum atomic E-state index is 2.64. The Morgan fingerprint density at radius 3 is 1.27 bits per heavy atom. The minimum Gasteiger partial charge on any atom is -0.304 e. The molecule has 22 heavy (non-hydrogen) atoms. The minimum atomic E-state index is 0.667. The molecule has 4 nitrogen and oxygen atoms in total. The molecule has 0 radical (unpaired) electrons. The maximum absolute atomic E-state index is 2.64. The first-order valence-corrected chi connectivity index (χ1v) is 9.25. The highest BCUT2D eigenvalue weighted by molar-refractivity contribution is 4.73. The van der Waals surface area contributed by atoms with E-state index in [1.807, 2.05) is 0 Å². The third-order valence-corrected chi connectivity index (χ3v) is 5.20. The predicted octanol–water partition coefficient (Wildman–Crippen LogP) is 2.06. The van der Waals surface area contributed by atoms with Crippen LogP contribution in [0, 0.1) is 0 Å². The van der Waals surface area contributed by atoms with Gasteiger partial charge in [-0.15, -0.1) is 0 Å². The van der Waals surface area contributed by atoms with Gasteiger partial charge in [-0.05, 0) is 80.8 Å². The number of nitrogens with zero attached hydrogens (tertiary/aromatic N) is 4. The summed E-state index contributed by atoms with van der Waals surface area (Å²) >= 11 is 0. The highest BCUT2D eigenvalue weighted by atomic mass is 15.3. The van der Waals surface area contributed by atoms with Crippen molar-refractivity contribution in [2.45, 2.75) is 52.6 Å². The lowest BCUT2D eigenvalue weighted by Gasteiger charge is -2.35. The summed E-state index contributed by atoms with van der Waals surface area (Å²) in [6.45, 7) is 19.1. The van der Waals surface area contributed by atoms with Crippen LogP contribution in [0.1, 0.15) is 40.5 Å². The van der Waals surface area contributed by atoms with Crippen molar-refractivity contribution in [3.63, 3.8) is 0 Å². The average molecular weight is 313 g/mol. The van der Waals surface area contributed by atoms with Gasteiger partial charge in [0, 0.05) is 38.3 Å². The van der Waals surface area contributed by atoms with Crippen LogP contribution in [0.5, 0.6) is 0 Å². The smallest absolute Gasteiger partial charge is 0.0110 e. The molecular weight excluding hydrogens is 272 g/mol. The molecule has 0 aromatic heterocycles. The lowest BCUT2D eigenvalue weighted by molar-refractivity contribution is 0.121. The first-order chi connectivity index (χ1) is 10.4. The Bertz CT molecular complexity index is 244. The Labute approximate surface area is 139 Å². The van der Waals surface area contributed by atoms with Crippen LogP contribution in [0.25, 0.3) is 0 Å². The molecule has 1 aliphatic heterocycles. The summed E-state index contributed by atoms with van der Waals surface area (Å²) in [5.74, 6) is 0. The minimum absolute atomic E-state index is 0.667. The van der Waals surface area contributed by atoms with Crippen molar-refractivity contribution in [3.05, 3.63) is 0 Å². The molecule has 4 heteroatoms. The van der Waals surface area contributed by atoms with E-state index in [2.05, 4.69) is 61.4 Å². The van der Waals surface area contributed by atoms with Crippen LogP contribution in [-0.2, 0) is 0 Å². The average Bonchev–Trinajstić information content (AvgIpc) is 2.48. The van der Waals surface area contributed by atoms with E-state index in [0.29, 0.717) is 12.1 Å². The SMILES string of the molecule is CC(C)N(C)CCCN1CCN(CCCN(C)C(C)C)CC1. The first-order valence-electron chi connectivity index (χ1n) is 9.25. The molecule has 1 rings (SSSR count). The van der Waals surface area contributed by atoms with Gasteiger partial charge in [0.05, 0.1) is 0 Å². The lowest BCUT2D eigenvalue weighted by atomic mass is 10.2. The van der Waals surface area contributed by atoms with E-state index in [-0.39, 0.29) is 0 Å². The fourth-order valence-corrected chi connectivity index (χ4v) is 2.84. The van der Waals surface area contributed by atoms with Crippen molar-refractivity contribution in [3.8, 4) is 0 Å². The van der Waals surface area contributed by atoms with E-state index in [9.17, 15) is 0 Å². The topological polar surface area (TPSA) is 13.0 Å². The fraction of sp³-hybridized carbons (Fsp3) is 1.00. The van der Waals surface area contributed by atoms with Crippen LogP contribution in [0.15, 0.2) is 0 Å². The molecular formula is C18H40N4. The highest BCUT2D eigenvalue weighted by Crippen LogP contribution is 2.05. The lowest BCUT2D eigenvalue weighted by Crippen LogP contribution is -2.47. The monoisotopic (exact) mass is 312 g/mol. The zero-order valence-electron chi connectivity index (χ0n) is 16.0. The van der Waals surface area contributed by atoms with E-state index in [0.717, 1.165) is 0 Å². The number of piperazine rings is 1. The standard InChI is InChI=1S/C18H40N4/c1-17(2)19(5)9-7-11-21-13-15-22(16-14-21)12-8-10-20(6)18(3)4/h17-18H,7-16H2,1-6H3. The second-order valence-electron chi connectivity index (χ2n) is 7.54. The Balaban J connectivity index is 2.06. The van der Waals surface area contributed by atoms with Gasteiger partial charge >= 0.3 is 0 Å². The summed E-state index contributed by atoms with van der Waals surface area (Å²) in [6.07, 6.45) is 2.60. The van der Waals surface area contributed by atoms with E-state index in [1.165, 1.54) is 65.2 Å². The zero-order valence-corrected chi connectivity index (χ0v) is 16.0. The van der Waals surface area contributed by atoms with Crippen molar-refractivity contribution >= 4 is 0 Å². The van der Waals surface area contributed by atoms with Gasteiger partial charge in [-0.2, -0.15) is 0 Å². The molecule has 0 unspecified atom stereocenters. The van der Waals surface area contributed by atoms with Crippen molar-refractivity contribution in [2.24, 2.45) is 0 Å². The van der Waals surface area contributed by atoms with Crippen LogP contribution in [-0.4, -0.2) is 98.1 Å². The summed E-state index contributed by atoms with van der Waals surface area (Å²) in [5, 5.41) is 0. The second-order valence-corrected chi connectivity index (χ2v) is 7.54. The second kappa shape index (κ2) is 10.6. The van der Waals surface area contributed by atoms with Crippen molar-refractivity contribution < 1.29 is 0 Å². The van der Waals surface area contributed by atoms with Crippen molar-refractivity contribution in [1.82, 2.24) is 19.6 Å². The third-order valence-electron chi connectivity index (χ3n) is 5.20. The third kappa shape index (κ3) is 7.91. The molecule has 0 aromatic carbocycles. The van der Waals surface area contributed by atoms with Crippen LogP contribution in [0.4, 0.5) is 0 Å². The fourth-order valence-electron chi connectivity index (χ4n) is 2.84. The molecule has 0 aliphatic carbocycles. The molecule has 0 aromatic rings. The normalized spacial score (nSPS) is 18.3. The molecule has 0 N–H and O–H groups in total. The van der Waals surface area contributed by atoms with Crippen LogP contribution >= 0.6 is 0 Å². The van der Waals surface area contributed by atoms with Gasteiger partial charge < -0.3 is 19.6 Å². The molecule has 1 heterocycles. The Morgan fingerprint density at radius 2 is 1.00 bits per heavy atom. The molecule has 132 valence electrons.